The van der Waals surface area contributed by atoms with Gasteiger partial charge in [0.25, 0.3) is 0 Å². The highest BCUT2D eigenvalue weighted by atomic mass is 35.5. The Labute approximate surface area is 172 Å². The van der Waals surface area contributed by atoms with Crippen LogP contribution in [0, 0.1) is 0 Å². The Morgan fingerprint density at radius 1 is 1.15 bits per heavy atom. The van der Waals surface area contributed by atoms with E-state index in [1.807, 2.05) is 0 Å². The van der Waals surface area contributed by atoms with Gasteiger partial charge in [-0.3, -0.25) is 4.79 Å². The van der Waals surface area contributed by atoms with Crippen LogP contribution in [0.25, 0.3) is 0 Å². The first-order chi connectivity index (χ1) is 12.7. The summed E-state index contributed by atoms with van der Waals surface area (Å²) < 4.78 is 29.8. The molecule has 0 amide bonds. The molecule has 0 aliphatic rings. The van der Waals surface area contributed by atoms with Crippen molar-refractivity contribution in [3.63, 3.8) is 0 Å². The molecule has 0 aliphatic heterocycles. The largest absolute Gasteiger partial charge is 0.480 e. The molecule has 2 aromatic carbocycles. The Balaban J connectivity index is 2.37. The Bertz CT molecular complexity index is 945. The SMILES string of the molecule is CCC(Sc1ccc(Cl)cc1Oc1ccc(S(=O)(=O)CC)cc1Cl)C(=O)O. The number of ether oxygens (including phenoxy) is 1. The van der Waals surface area contributed by atoms with Crippen molar-refractivity contribution in [2.75, 3.05) is 5.75 Å². The molecule has 9 heteroatoms. The molecule has 0 aliphatic carbocycles. The third-order valence-corrected chi connectivity index (χ3v) is 7.36. The van der Waals surface area contributed by atoms with E-state index in [2.05, 4.69) is 0 Å². The molecule has 0 saturated heterocycles. The van der Waals surface area contributed by atoms with Gasteiger partial charge in [0.2, 0.25) is 0 Å². The average Bonchev–Trinajstić information content (AvgIpc) is 2.62. The quantitative estimate of drug-likeness (QED) is 0.534. The minimum Gasteiger partial charge on any atom is -0.480 e. The number of hydrogen-bond acceptors (Lipinski definition) is 5. The van der Waals surface area contributed by atoms with Gasteiger partial charge in [-0.1, -0.05) is 37.0 Å². The van der Waals surface area contributed by atoms with Gasteiger partial charge in [0, 0.05) is 11.1 Å². The summed E-state index contributed by atoms with van der Waals surface area (Å²) in [7, 11) is -3.38. The van der Waals surface area contributed by atoms with Crippen LogP contribution in [0.15, 0.2) is 46.2 Å². The van der Waals surface area contributed by atoms with Gasteiger partial charge < -0.3 is 9.84 Å². The number of rotatable bonds is 8. The van der Waals surface area contributed by atoms with E-state index < -0.39 is 21.1 Å². The molecule has 2 rings (SSSR count). The van der Waals surface area contributed by atoms with E-state index in [4.69, 9.17) is 27.9 Å². The first-order valence-corrected chi connectivity index (χ1v) is 11.4. The average molecular weight is 449 g/mol. The maximum absolute atomic E-state index is 12.0. The zero-order chi connectivity index (χ0) is 20.2. The van der Waals surface area contributed by atoms with Gasteiger partial charge in [-0.25, -0.2) is 8.42 Å². The van der Waals surface area contributed by atoms with E-state index in [1.165, 1.54) is 18.2 Å². The summed E-state index contributed by atoms with van der Waals surface area (Å²) in [5, 5.41) is 9.19. The van der Waals surface area contributed by atoms with Crippen molar-refractivity contribution in [2.45, 2.75) is 35.3 Å². The van der Waals surface area contributed by atoms with Crippen LogP contribution in [0.2, 0.25) is 10.0 Å². The molecule has 0 radical (unpaired) electrons. The molecule has 0 heterocycles. The van der Waals surface area contributed by atoms with Gasteiger partial charge in [-0.2, -0.15) is 0 Å². The predicted molar refractivity (Wildman–Crippen MR) is 108 cm³/mol. The highest BCUT2D eigenvalue weighted by molar-refractivity contribution is 8.00. The Morgan fingerprint density at radius 2 is 1.85 bits per heavy atom. The minimum atomic E-state index is -3.38. The van der Waals surface area contributed by atoms with Crippen molar-refractivity contribution in [3.8, 4) is 11.5 Å². The zero-order valence-corrected chi connectivity index (χ0v) is 17.8. The molecule has 0 aromatic heterocycles. The van der Waals surface area contributed by atoms with Crippen molar-refractivity contribution in [1.29, 1.82) is 0 Å². The normalized spacial score (nSPS) is 12.6. The van der Waals surface area contributed by atoms with Gasteiger partial charge >= 0.3 is 5.97 Å². The lowest BCUT2D eigenvalue weighted by atomic mass is 10.3. The van der Waals surface area contributed by atoms with E-state index in [9.17, 15) is 18.3 Å². The summed E-state index contributed by atoms with van der Waals surface area (Å²) in [4.78, 5) is 12.0. The van der Waals surface area contributed by atoms with Gasteiger partial charge in [0.05, 0.1) is 20.6 Å². The molecular formula is C18H18Cl2O5S2. The van der Waals surface area contributed by atoms with Gasteiger partial charge in [0.1, 0.15) is 16.7 Å². The minimum absolute atomic E-state index is 0.0355. The molecular weight excluding hydrogens is 431 g/mol. The molecule has 2 aromatic rings. The van der Waals surface area contributed by atoms with Crippen LogP contribution >= 0.6 is 35.0 Å². The van der Waals surface area contributed by atoms with Crippen LogP contribution in [0.5, 0.6) is 11.5 Å². The first kappa shape index (κ1) is 21.9. The molecule has 1 unspecified atom stereocenters. The van der Waals surface area contributed by atoms with Crippen molar-refractivity contribution < 1.29 is 23.1 Å². The molecule has 1 N–H and O–H groups in total. The monoisotopic (exact) mass is 448 g/mol. The Kier molecular flexibility index (Phi) is 7.45. The lowest BCUT2D eigenvalue weighted by Gasteiger charge is -2.15. The van der Waals surface area contributed by atoms with E-state index in [0.717, 1.165) is 11.8 Å². The number of carboxylic acids is 1. The van der Waals surface area contributed by atoms with E-state index in [1.54, 1.807) is 32.0 Å². The highest BCUT2D eigenvalue weighted by Gasteiger charge is 2.20. The van der Waals surface area contributed by atoms with E-state index in [-0.39, 0.29) is 21.4 Å². The number of hydrogen-bond donors (Lipinski definition) is 1. The summed E-state index contributed by atoms with van der Waals surface area (Å²) in [6.07, 6.45) is 0.437. The summed E-state index contributed by atoms with van der Waals surface area (Å²) in [5.41, 5.74) is 0. The van der Waals surface area contributed by atoms with Crippen LogP contribution in [0.4, 0.5) is 0 Å². The molecule has 146 valence electrons. The number of sulfone groups is 1. The van der Waals surface area contributed by atoms with Crippen LogP contribution in [-0.2, 0) is 14.6 Å². The number of carbonyl (C=O) groups is 1. The number of thioether (sulfide) groups is 1. The second-order valence-corrected chi connectivity index (χ2v) is 9.91. The fourth-order valence-electron chi connectivity index (χ4n) is 2.16. The topological polar surface area (TPSA) is 80.7 Å². The molecule has 27 heavy (non-hydrogen) atoms. The van der Waals surface area contributed by atoms with Crippen molar-refractivity contribution in [2.24, 2.45) is 0 Å². The van der Waals surface area contributed by atoms with Crippen LogP contribution in [-0.4, -0.2) is 30.5 Å². The summed E-state index contributed by atoms with van der Waals surface area (Å²) in [6, 6.07) is 9.10. The molecule has 0 bridgehead atoms. The van der Waals surface area contributed by atoms with Crippen LogP contribution < -0.4 is 4.74 Å². The van der Waals surface area contributed by atoms with Crippen LogP contribution in [0.3, 0.4) is 0 Å². The molecule has 1 atom stereocenters. The van der Waals surface area contributed by atoms with Crippen molar-refractivity contribution in [1.82, 2.24) is 0 Å². The molecule has 0 spiro atoms. The Morgan fingerprint density at radius 3 is 2.41 bits per heavy atom. The number of halogens is 2. The standard InChI is InChI=1S/C18H18Cl2O5S2/c1-3-16(18(21)22)26-17-8-5-11(19)9-15(17)25-14-7-6-12(10-13(14)20)27(23,24)4-2/h5-10,16H,3-4H2,1-2H3,(H,21,22). The lowest BCUT2D eigenvalue weighted by molar-refractivity contribution is -0.136. The van der Waals surface area contributed by atoms with Crippen LogP contribution in [0.1, 0.15) is 20.3 Å². The van der Waals surface area contributed by atoms with Crippen molar-refractivity contribution in [3.05, 3.63) is 46.4 Å². The molecule has 0 fully saturated rings. The smallest absolute Gasteiger partial charge is 0.316 e. The first-order valence-electron chi connectivity index (χ1n) is 8.07. The van der Waals surface area contributed by atoms with E-state index in [0.29, 0.717) is 22.1 Å². The fourth-order valence-corrected chi connectivity index (χ4v) is 4.45. The maximum Gasteiger partial charge on any atom is 0.316 e. The predicted octanol–water partition coefficient (Wildman–Crippen LogP) is 5.53. The second-order valence-electron chi connectivity index (χ2n) is 5.54. The summed E-state index contributed by atoms with van der Waals surface area (Å²) in [5.74, 6) is -0.360. The number of benzene rings is 2. The molecule has 0 saturated carbocycles. The lowest BCUT2D eigenvalue weighted by Crippen LogP contribution is -2.14. The van der Waals surface area contributed by atoms with Gasteiger partial charge in [0.15, 0.2) is 9.84 Å². The van der Waals surface area contributed by atoms with Gasteiger partial charge in [-0.05, 0) is 36.8 Å². The third kappa shape index (κ3) is 5.54. The third-order valence-electron chi connectivity index (χ3n) is 3.68. The highest BCUT2D eigenvalue weighted by Crippen LogP contribution is 2.40. The maximum atomic E-state index is 12.0. The summed E-state index contributed by atoms with van der Waals surface area (Å²) >= 11 is 13.4. The van der Waals surface area contributed by atoms with Gasteiger partial charge in [-0.15, -0.1) is 11.8 Å². The Hall–Kier alpha value is -1.41. The number of carboxylic acid groups (broad SMARTS) is 1. The summed E-state index contributed by atoms with van der Waals surface area (Å²) in [6.45, 7) is 3.34. The molecule has 5 nitrogen and oxygen atoms in total. The zero-order valence-electron chi connectivity index (χ0n) is 14.6. The van der Waals surface area contributed by atoms with E-state index >= 15 is 0 Å². The van der Waals surface area contributed by atoms with Crippen molar-refractivity contribution >= 4 is 50.8 Å². The second kappa shape index (κ2) is 9.19. The number of aliphatic carboxylic acids is 1. The fraction of sp³-hybridized carbons (Fsp3) is 0.278.